The van der Waals surface area contributed by atoms with E-state index in [4.69, 9.17) is 4.74 Å². The highest BCUT2D eigenvalue weighted by Gasteiger charge is 2.22. The molecule has 0 spiro atoms. The van der Waals surface area contributed by atoms with E-state index in [0.717, 1.165) is 27.8 Å². The quantitative estimate of drug-likeness (QED) is 0.693. The van der Waals surface area contributed by atoms with Crippen molar-refractivity contribution in [1.29, 1.82) is 0 Å². The second-order valence-corrected chi connectivity index (χ2v) is 6.72. The second kappa shape index (κ2) is 9.47. The van der Waals surface area contributed by atoms with Crippen LogP contribution < -0.4 is 10.1 Å². The normalized spacial score (nSPS) is 11.7. The lowest BCUT2D eigenvalue weighted by atomic mass is 10.1. The molecule has 0 heterocycles. The fourth-order valence-electron chi connectivity index (χ4n) is 2.82. The molecule has 1 unspecified atom stereocenters. The fraction of sp³-hybridized carbons (Fsp3) is 0.350. The van der Waals surface area contributed by atoms with Gasteiger partial charge in [-0.3, -0.25) is 0 Å². The summed E-state index contributed by atoms with van der Waals surface area (Å²) in [5, 5.41) is 3.02. The third-order valence-corrected chi connectivity index (χ3v) is 4.89. The van der Waals surface area contributed by atoms with Crippen molar-refractivity contribution in [3.05, 3.63) is 64.1 Å². The molecular formula is C20H25BrN2O2. The van der Waals surface area contributed by atoms with Gasteiger partial charge in [0.25, 0.3) is 0 Å². The van der Waals surface area contributed by atoms with Crippen molar-refractivity contribution in [3.63, 3.8) is 0 Å². The van der Waals surface area contributed by atoms with Crippen LogP contribution in [0.15, 0.2) is 53.0 Å². The van der Waals surface area contributed by atoms with Gasteiger partial charge >= 0.3 is 6.03 Å². The largest absolute Gasteiger partial charge is 0.496 e. The van der Waals surface area contributed by atoms with Crippen molar-refractivity contribution in [1.82, 2.24) is 10.2 Å². The van der Waals surface area contributed by atoms with E-state index >= 15 is 0 Å². The number of ether oxygens (including phenoxy) is 1. The molecule has 1 N–H and O–H groups in total. The lowest BCUT2D eigenvalue weighted by molar-refractivity contribution is 0.178. The molecule has 1 atom stereocenters. The third kappa shape index (κ3) is 4.98. The average Bonchev–Trinajstić information content (AvgIpc) is 2.64. The number of benzene rings is 2. The van der Waals surface area contributed by atoms with Crippen LogP contribution in [0.4, 0.5) is 4.79 Å². The van der Waals surface area contributed by atoms with Crippen molar-refractivity contribution < 1.29 is 9.53 Å². The molecule has 2 aromatic rings. The Morgan fingerprint density at radius 2 is 1.88 bits per heavy atom. The highest BCUT2D eigenvalue weighted by atomic mass is 79.9. The monoisotopic (exact) mass is 404 g/mol. The molecule has 0 aromatic heterocycles. The summed E-state index contributed by atoms with van der Waals surface area (Å²) in [6.07, 6.45) is 0.900. The number of nitrogens with zero attached hydrogens (tertiary/aromatic N) is 1. The zero-order valence-electron chi connectivity index (χ0n) is 15.0. The van der Waals surface area contributed by atoms with Gasteiger partial charge in [0.05, 0.1) is 13.2 Å². The molecule has 134 valence electrons. The topological polar surface area (TPSA) is 41.6 Å². The minimum absolute atomic E-state index is 0.0202. The minimum Gasteiger partial charge on any atom is -0.496 e. The van der Waals surface area contributed by atoms with Crippen molar-refractivity contribution >= 4 is 22.0 Å². The van der Waals surface area contributed by atoms with E-state index in [1.807, 2.05) is 53.4 Å². The Kier molecular flexibility index (Phi) is 7.31. The summed E-state index contributed by atoms with van der Waals surface area (Å²) >= 11 is 3.59. The molecule has 0 aliphatic carbocycles. The summed E-state index contributed by atoms with van der Waals surface area (Å²) in [6.45, 7) is 5.26. The molecule has 2 aromatic carbocycles. The van der Waals surface area contributed by atoms with Gasteiger partial charge in [-0.2, -0.15) is 0 Å². The molecule has 0 saturated heterocycles. The second-order valence-electron chi connectivity index (χ2n) is 5.86. The summed E-state index contributed by atoms with van der Waals surface area (Å²) in [6, 6.07) is 15.6. The van der Waals surface area contributed by atoms with Crippen molar-refractivity contribution in [3.8, 4) is 5.75 Å². The summed E-state index contributed by atoms with van der Waals surface area (Å²) in [4.78, 5) is 14.7. The van der Waals surface area contributed by atoms with Crippen LogP contribution in [0.25, 0.3) is 0 Å². The van der Waals surface area contributed by atoms with Gasteiger partial charge in [0.1, 0.15) is 5.75 Å². The number of para-hydroxylation sites is 1. The number of carbonyl (C=O) groups is 1. The number of amides is 2. The number of urea groups is 1. The average molecular weight is 405 g/mol. The van der Waals surface area contributed by atoms with Gasteiger partial charge in [-0.25, -0.2) is 4.79 Å². The predicted octanol–water partition coefficient (Wildman–Crippen LogP) is 5.14. The summed E-state index contributed by atoms with van der Waals surface area (Å²) in [5.74, 6) is 0.781. The van der Waals surface area contributed by atoms with E-state index in [9.17, 15) is 4.79 Å². The smallest absolute Gasteiger partial charge is 0.318 e. The van der Waals surface area contributed by atoms with Gasteiger partial charge < -0.3 is 15.0 Å². The molecule has 2 amide bonds. The molecule has 2 rings (SSSR count). The van der Waals surface area contributed by atoms with E-state index in [2.05, 4.69) is 35.1 Å². The molecule has 4 nitrogen and oxygen atoms in total. The molecule has 0 fully saturated rings. The van der Waals surface area contributed by atoms with E-state index in [-0.39, 0.29) is 12.1 Å². The Hall–Kier alpha value is -2.01. The summed E-state index contributed by atoms with van der Waals surface area (Å²) < 4.78 is 6.36. The number of halogens is 1. The van der Waals surface area contributed by atoms with Crippen LogP contribution in [-0.2, 0) is 6.54 Å². The van der Waals surface area contributed by atoms with Crippen LogP contribution in [0.1, 0.15) is 37.4 Å². The zero-order chi connectivity index (χ0) is 18.2. The Labute approximate surface area is 158 Å². The molecule has 0 aliphatic rings. The van der Waals surface area contributed by atoms with Crippen LogP contribution >= 0.6 is 15.9 Å². The van der Waals surface area contributed by atoms with Crippen LogP contribution in [0, 0.1) is 0 Å². The number of rotatable bonds is 7. The van der Waals surface area contributed by atoms with E-state index in [1.54, 1.807) is 7.11 Å². The Morgan fingerprint density at radius 1 is 1.20 bits per heavy atom. The zero-order valence-corrected chi connectivity index (χ0v) is 16.5. The fourth-order valence-corrected chi connectivity index (χ4v) is 3.43. The van der Waals surface area contributed by atoms with Crippen LogP contribution in [0.2, 0.25) is 0 Å². The molecular weight excluding hydrogens is 380 g/mol. The number of methoxy groups -OCH3 is 1. The predicted molar refractivity (Wildman–Crippen MR) is 105 cm³/mol. The highest BCUT2D eigenvalue weighted by Crippen LogP contribution is 2.28. The van der Waals surface area contributed by atoms with Crippen LogP contribution in [0.3, 0.4) is 0 Å². The van der Waals surface area contributed by atoms with Gasteiger partial charge in [-0.05, 0) is 31.0 Å². The van der Waals surface area contributed by atoms with Crippen molar-refractivity contribution in [2.75, 3.05) is 13.7 Å². The van der Waals surface area contributed by atoms with Gasteiger partial charge in [0.15, 0.2) is 0 Å². The molecule has 0 radical (unpaired) electrons. The number of nitrogens with one attached hydrogen (secondary N) is 1. The first-order valence-corrected chi connectivity index (χ1v) is 9.28. The first-order valence-electron chi connectivity index (χ1n) is 8.49. The van der Waals surface area contributed by atoms with Gasteiger partial charge in [-0.1, -0.05) is 59.3 Å². The molecule has 0 saturated carbocycles. The van der Waals surface area contributed by atoms with Gasteiger partial charge in [-0.15, -0.1) is 0 Å². The minimum atomic E-state index is -0.0731. The maximum absolute atomic E-state index is 12.8. The Bertz CT molecular complexity index is 706. The standard InChI is InChI=1S/C20H25BrN2O2/c1-4-13-23(15(2)17-10-6-7-11-18(17)21)20(24)22-14-16-9-5-8-12-19(16)25-3/h5-12,15H,4,13-14H2,1-3H3,(H,22,24). The van der Waals surface area contributed by atoms with Crippen LogP contribution in [-0.4, -0.2) is 24.6 Å². The van der Waals surface area contributed by atoms with Gasteiger partial charge in [0, 0.05) is 23.1 Å². The lowest BCUT2D eigenvalue weighted by Crippen LogP contribution is -2.41. The lowest BCUT2D eigenvalue weighted by Gasteiger charge is -2.30. The number of carbonyl (C=O) groups excluding carboxylic acids is 1. The third-order valence-electron chi connectivity index (χ3n) is 4.17. The number of hydrogen-bond acceptors (Lipinski definition) is 2. The van der Waals surface area contributed by atoms with Crippen LogP contribution in [0.5, 0.6) is 5.75 Å². The maximum atomic E-state index is 12.8. The van der Waals surface area contributed by atoms with E-state index in [1.165, 1.54) is 0 Å². The first-order chi connectivity index (χ1) is 12.1. The summed E-state index contributed by atoms with van der Waals surface area (Å²) in [5.41, 5.74) is 2.06. The SMILES string of the molecule is CCCN(C(=O)NCc1ccccc1OC)C(C)c1ccccc1Br. The van der Waals surface area contributed by atoms with Crippen molar-refractivity contribution in [2.45, 2.75) is 32.9 Å². The first kappa shape index (κ1) is 19.3. The molecule has 5 heteroatoms. The van der Waals surface area contributed by atoms with E-state index < -0.39 is 0 Å². The molecule has 0 aliphatic heterocycles. The maximum Gasteiger partial charge on any atom is 0.318 e. The Balaban J connectivity index is 2.11. The van der Waals surface area contributed by atoms with Crippen molar-refractivity contribution in [2.24, 2.45) is 0 Å². The number of hydrogen-bond donors (Lipinski definition) is 1. The molecule has 25 heavy (non-hydrogen) atoms. The summed E-state index contributed by atoms with van der Waals surface area (Å²) in [7, 11) is 1.64. The van der Waals surface area contributed by atoms with Gasteiger partial charge in [0.2, 0.25) is 0 Å². The molecule has 0 bridgehead atoms. The Morgan fingerprint density at radius 3 is 2.56 bits per heavy atom. The van der Waals surface area contributed by atoms with E-state index in [0.29, 0.717) is 13.1 Å². The highest BCUT2D eigenvalue weighted by molar-refractivity contribution is 9.10.